The van der Waals surface area contributed by atoms with Gasteiger partial charge in [-0.1, -0.05) is 13.8 Å². The van der Waals surface area contributed by atoms with Gasteiger partial charge >= 0.3 is 5.97 Å². The number of tetrazole rings is 1. The van der Waals surface area contributed by atoms with Crippen molar-refractivity contribution in [3.8, 4) is 0 Å². The Morgan fingerprint density at radius 1 is 1.60 bits per heavy atom. The van der Waals surface area contributed by atoms with Gasteiger partial charge in [0.1, 0.15) is 0 Å². The number of aromatic nitrogens is 4. The van der Waals surface area contributed by atoms with Crippen LogP contribution in [0.2, 0.25) is 0 Å². The van der Waals surface area contributed by atoms with Gasteiger partial charge in [0.25, 0.3) is 0 Å². The lowest BCUT2D eigenvalue weighted by Crippen LogP contribution is -2.35. The van der Waals surface area contributed by atoms with Crippen LogP contribution in [-0.2, 0) is 18.3 Å². The Bertz CT molecular complexity index is 361. The molecule has 1 aromatic rings. The van der Waals surface area contributed by atoms with Crippen molar-refractivity contribution >= 4 is 5.97 Å². The number of carboxylic acids is 1. The average molecular weight is 212 g/mol. The third-order valence-corrected chi connectivity index (χ3v) is 2.84. The molecule has 0 bridgehead atoms. The first kappa shape index (κ1) is 11.6. The number of rotatable bonds is 4. The highest BCUT2D eigenvalue weighted by Crippen LogP contribution is 2.30. The van der Waals surface area contributed by atoms with Gasteiger partial charge in [0.2, 0.25) is 0 Å². The molecule has 84 valence electrons. The molecule has 15 heavy (non-hydrogen) atoms. The van der Waals surface area contributed by atoms with E-state index in [1.54, 1.807) is 14.0 Å². The molecule has 1 N–H and O–H groups in total. The van der Waals surface area contributed by atoms with Gasteiger partial charge in [-0.2, -0.15) is 4.80 Å². The van der Waals surface area contributed by atoms with Crippen LogP contribution >= 0.6 is 0 Å². The minimum atomic E-state index is -0.844. The SMILES string of the molecule is CC(C)C(C)(Cc1nnn(C)n1)C(=O)O. The van der Waals surface area contributed by atoms with Gasteiger partial charge < -0.3 is 5.11 Å². The third kappa shape index (κ3) is 2.31. The van der Waals surface area contributed by atoms with E-state index in [0.29, 0.717) is 12.2 Å². The summed E-state index contributed by atoms with van der Waals surface area (Å²) in [5.74, 6) is -0.347. The molecule has 1 atom stereocenters. The van der Waals surface area contributed by atoms with E-state index < -0.39 is 11.4 Å². The normalized spacial score (nSPS) is 15.3. The molecule has 0 aliphatic carbocycles. The Kier molecular flexibility index (Phi) is 3.06. The van der Waals surface area contributed by atoms with Gasteiger partial charge in [0.05, 0.1) is 12.5 Å². The van der Waals surface area contributed by atoms with Crippen LogP contribution in [0.1, 0.15) is 26.6 Å². The quantitative estimate of drug-likeness (QED) is 0.786. The topological polar surface area (TPSA) is 80.9 Å². The maximum absolute atomic E-state index is 11.2. The monoisotopic (exact) mass is 212 g/mol. The summed E-state index contributed by atoms with van der Waals surface area (Å²) in [6.07, 6.45) is 0.299. The zero-order valence-electron chi connectivity index (χ0n) is 9.43. The number of nitrogens with zero attached hydrogens (tertiary/aromatic N) is 4. The number of aryl methyl sites for hydroxylation is 1. The minimum absolute atomic E-state index is 0.0128. The summed E-state index contributed by atoms with van der Waals surface area (Å²) in [6, 6.07) is 0. The Hall–Kier alpha value is -1.46. The van der Waals surface area contributed by atoms with E-state index in [0.717, 1.165) is 0 Å². The highest BCUT2D eigenvalue weighted by Gasteiger charge is 2.38. The Morgan fingerprint density at radius 2 is 2.20 bits per heavy atom. The van der Waals surface area contributed by atoms with Crippen molar-refractivity contribution in [2.24, 2.45) is 18.4 Å². The molecule has 0 radical (unpaired) electrons. The summed E-state index contributed by atoms with van der Waals surface area (Å²) in [5, 5.41) is 20.7. The van der Waals surface area contributed by atoms with E-state index in [4.69, 9.17) is 0 Å². The smallest absolute Gasteiger partial charge is 0.310 e. The number of hydrogen-bond donors (Lipinski definition) is 1. The van der Waals surface area contributed by atoms with Crippen molar-refractivity contribution in [1.29, 1.82) is 0 Å². The molecule has 0 aliphatic rings. The van der Waals surface area contributed by atoms with E-state index in [9.17, 15) is 9.90 Å². The second-order valence-electron chi connectivity index (χ2n) is 4.25. The number of hydrogen-bond acceptors (Lipinski definition) is 4. The van der Waals surface area contributed by atoms with Crippen molar-refractivity contribution in [2.45, 2.75) is 27.2 Å². The third-order valence-electron chi connectivity index (χ3n) is 2.84. The lowest BCUT2D eigenvalue weighted by molar-refractivity contribution is -0.150. The highest BCUT2D eigenvalue weighted by atomic mass is 16.4. The molecule has 0 saturated heterocycles. The molecule has 0 amide bonds. The van der Waals surface area contributed by atoms with Gasteiger partial charge in [0, 0.05) is 6.42 Å². The Labute approximate surface area is 88.3 Å². The summed E-state index contributed by atoms with van der Waals surface area (Å²) in [4.78, 5) is 12.5. The van der Waals surface area contributed by atoms with E-state index in [1.165, 1.54) is 4.80 Å². The predicted octanol–water partition coefficient (Wildman–Crippen LogP) is 0.499. The molecular weight excluding hydrogens is 196 g/mol. The molecular formula is C9H16N4O2. The van der Waals surface area contributed by atoms with Crippen molar-refractivity contribution in [1.82, 2.24) is 20.2 Å². The van der Waals surface area contributed by atoms with Gasteiger partial charge in [-0.3, -0.25) is 4.79 Å². The highest BCUT2D eigenvalue weighted by molar-refractivity contribution is 5.74. The summed E-state index contributed by atoms with van der Waals surface area (Å²) in [5.41, 5.74) is -0.844. The van der Waals surface area contributed by atoms with Crippen molar-refractivity contribution < 1.29 is 9.90 Å². The van der Waals surface area contributed by atoms with Crippen molar-refractivity contribution in [3.63, 3.8) is 0 Å². The Morgan fingerprint density at radius 3 is 2.53 bits per heavy atom. The van der Waals surface area contributed by atoms with Crippen molar-refractivity contribution in [3.05, 3.63) is 5.82 Å². The molecule has 0 aliphatic heterocycles. The van der Waals surface area contributed by atoms with E-state index >= 15 is 0 Å². The van der Waals surface area contributed by atoms with Crippen LogP contribution in [0.15, 0.2) is 0 Å². The fourth-order valence-corrected chi connectivity index (χ4v) is 1.25. The van der Waals surface area contributed by atoms with Crippen LogP contribution < -0.4 is 0 Å². The van der Waals surface area contributed by atoms with Crippen LogP contribution in [-0.4, -0.2) is 31.3 Å². The van der Waals surface area contributed by atoms with Crippen LogP contribution in [0.3, 0.4) is 0 Å². The second kappa shape index (κ2) is 3.96. The molecule has 0 aromatic carbocycles. The summed E-state index contributed by atoms with van der Waals surface area (Å²) in [6.45, 7) is 5.46. The fraction of sp³-hybridized carbons (Fsp3) is 0.778. The van der Waals surface area contributed by atoms with Crippen LogP contribution in [0.5, 0.6) is 0 Å². The molecule has 0 spiro atoms. The first-order valence-electron chi connectivity index (χ1n) is 4.82. The predicted molar refractivity (Wildman–Crippen MR) is 53.1 cm³/mol. The maximum Gasteiger partial charge on any atom is 0.310 e. The first-order valence-corrected chi connectivity index (χ1v) is 4.82. The van der Waals surface area contributed by atoms with Gasteiger partial charge in [-0.05, 0) is 18.1 Å². The fourth-order valence-electron chi connectivity index (χ4n) is 1.25. The number of aliphatic carboxylic acids is 1. The lowest BCUT2D eigenvalue weighted by atomic mass is 9.76. The van der Waals surface area contributed by atoms with Gasteiger partial charge in [0.15, 0.2) is 5.82 Å². The largest absolute Gasteiger partial charge is 0.481 e. The maximum atomic E-state index is 11.2. The van der Waals surface area contributed by atoms with E-state index in [2.05, 4.69) is 15.4 Å². The van der Waals surface area contributed by atoms with Crippen LogP contribution in [0.4, 0.5) is 0 Å². The van der Waals surface area contributed by atoms with Gasteiger partial charge in [-0.15, -0.1) is 10.2 Å². The summed E-state index contributed by atoms with van der Waals surface area (Å²) in [7, 11) is 1.66. The lowest BCUT2D eigenvalue weighted by Gasteiger charge is -2.27. The zero-order valence-corrected chi connectivity index (χ0v) is 9.43. The number of carboxylic acid groups (broad SMARTS) is 1. The van der Waals surface area contributed by atoms with Crippen LogP contribution in [0.25, 0.3) is 0 Å². The average Bonchev–Trinajstić information content (AvgIpc) is 2.50. The molecule has 1 unspecified atom stereocenters. The molecule has 0 fully saturated rings. The molecule has 1 rings (SSSR count). The molecule has 1 heterocycles. The summed E-state index contributed by atoms with van der Waals surface area (Å²) < 4.78 is 0. The summed E-state index contributed by atoms with van der Waals surface area (Å²) >= 11 is 0. The number of carbonyl (C=O) groups is 1. The van der Waals surface area contributed by atoms with Gasteiger partial charge in [-0.25, -0.2) is 0 Å². The minimum Gasteiger partial charge on any atom is -0.481 e. The molecule has 6 nitrogen and oxygen atoms in total. The van der Waals surface area contributed by atoms with E-state index in [-0.39, 0.29) is 5.92 Å². The molecule has 1 aromatic heterocycles. The standard InChI is InChI=1S/C9H16N4O2/c1-6(2)9(3,8(14)15)5-7-10-12-13(4)11-7/h6H,5H2,1-4H3,(H,14,15). The molecule has 0 saturated carbocycles. The second-order valence-corrected chi connectivity index (χ2v) is 4.25. The molecule has 6 heteroatoms. The van der Waals surface area contributed by atoms with Crippen LogP contribution in [0, 0.1) is 11.3 Å². The Balaban J connectivity index is 2.89. The zero-order chi connectivity index (χ0) is 11.6. The van der Waals surface area contributed by atoms with E-state index in [1.807, 2.05) is 13.8 Å². The van der Waals surface area contributed by atoms with Crippen molar-refractivity contribution in [2.75, 3.05) is 0 Å². The first-order chi connectivity index (χ1) is 6.86.